The van der Waals surface area contributed by atoms with E-state index in [0.29, 0.717) is 5.56 Å². The predicted molar refractivity (Wildman–Crippen MR) is 101 cm³/mol. The van der Waals surface area contributed by atoms with Crippen molar-refractivity contribution in [3.8, 4) is 0 Å². The van der Waals surface area contributed by atoms with Gasteiger partial charge in [-0.3, -0.25) is 20.2 Å². The molecule has 0 heterocycles. The van der Waals surface area contributed by atoms with Crippen molar-refractivity contribution in [2.45, 2.75) is 0 Å². The van der Waals surface area contributed by atoms with Gasteiger partial charge in [0.25, 0.3) is 5.69 Å². The summed E-state index contributed by atoms with van der Waals surface area (Å²) in [7, 11) is 0. The summed E-state index contributed by atoms with van der Waals surface area (Å²) in [6.07, 6.45) is 2.84. The number of hydrogen-bond acceptors (Lipinski definition) is 4. The molecule has 8 heteroatoms. The van der Waals surface area contributed by atoms with Gasteiger partial charge < -0.3 is 5.32 Å². The molecule has 0 saturated carbocycles. The van der Waals surface area contributed by atoms with Crippen molar-refractivity contribution in [3.63, 3.8) is 0 Å². The van der Waals surface area contributed by atoms with Crippen molar-refractivity contribution in [1.82, 2.24) is 5.32 Å². The summed E-state index contributed by atoms with van der Waals surface area (Å²) < 4.78 is 0.822. The Kier molecular flexibility index (Phi) is 6.16. The molecule has 0 radical (unpaired) electrons. The maximum absolute atomic E-state index is 11.8. The molecule has 0 bridgehead atoms. The van der Waals surface area contributed by atoms with E-state index in [1.165, 1.54) is 18.2 Å². The number of rotatable bonds is 4. The van der Waals surface area contributed by atoms with Crippen molar-refractivity contribution in [2.75, 3.05) is 5.32 Å². The second kappa shape index (κ2) is 8.32. The third kappa shape index (κ3) is 5.25. The first-order valence-electron chi connectivity index (χ1n) is 6.75. The fraction of sp³-hybridized carbons (Fsp3) is 0. The molecule has 6 nitrogen and oxygen atoms in total. The topological polar surface area (TPSA) is 84.3 Å². The molecule has 24 heavy (non-hydrogen) atoms. The van der Waals surface area contributed by atoms with Crippen LogP contribution in [0.15, 0.2) is 59.1 Å². The Labute approximate surface area is 151 Å². The first kappa shape index (κ1) is 17.8. The molecule has 2 aromatic carbocycles. The first-order chi connectivity index (χ1) is 11.5. The summed E-state index contributed by atoms with van der Waals surface area (Å²) in [6.45, 7) is 0. The summed E-state index contributed by atoms with van der Waals surface area (Å²) in [5, 5.41) is 16.2. The molecule has 2 N–H and O–H groups in total. The van der Waals surface area contributed by atoms with E-state index in [2.05, 4.69) is 26.6 Å². The highest BCUT2D eigenvalue weighted by atomic mass is 79.9. The third-order valence-corrected chi connectivity index (χ3v) is 3.79. The highest BCUT2D eigenvalue weighted by Crippen LogP contribution is 2.20. The molecule has 0 saturated heterocycles. The zero-order chi connectivity index (χ0) is 17.5. The molecule has 0 aromatic heterocycles. The van der Waals surface area contributed by atoms with Gasteiger partial charge in [0.15, 0.2) is 5.11 Å². The second-order valence-corrected chi connectivity index (χ2v) is 5.87. The number of nitro groups is 1. The molecule has 0 atom stereocenters. The zero-order valence-electron chi connectivity index (χ0n) is 12.2. The number of halogens is 1. The Morgan fingerprint density at radius 3 is 2.46 bits per heavy atom. The Morgan fingerprint density at radius 2 is 1.83 bits per heavy atom. The lowest BCUT2D eigenvalue weighted by Gasteiger charge is -2.09. The van der Waals surface area contributed by atoms with E-state index < -0.39 is 10.8 Å². The lowest BCUT2D eigenvalue weighted by molar-refractivity contribution is -0.384. The van der Waals surface area contributed by atoms with E-state index >= 15 is 0 Å². The number of hydrogen-bond donors (Lipinski definition) is 2. The van der Waals surface area contributed by atoms with Crippen LogP contribution >= 0.6 is 28.1 Å². The summed E-state index contributed by atoms with van der Waals surface area (Å²) in [5.41, 5.74) is 1.40. The Morgan fingerprint density at radius 1 is 1.17 bits per heavy atom. The summed E-state index contributed by atoms with van der Waals surface area (Å²) in [4.78, 5) is 21.9. The highest BCUT2D eigenvalue weighted by Gasteiger charge is 2.05. The van der Waals surface area contributed by atoms with Crippen molar-refractivity contribution in [3.05, 3.63) is 74.8 Å². The summed E-state index contributed by atoms with van der Waals surface area (Å²) in [5.74, 6) is -0.405. The van der Waals surface area contributed by atoms with Crippen LogP contribution in [-0.2, 0) is 4.79 Å². The predicted octanol–water partition coefficient (Wildman–Crippen LogP) is 3.88. The summed E-state index contributed by atoms with van der Waals surface area (Å²) >= 11 is 8.45. The van der Waals surface area contributed by atoms with Crippen molar-refractivity contribution < 1.29 is 9.72 Å². The van der Waals surface area contributed by atoms with Crippen LogP contribution in [0.1, 0.15) is 5.56 Å². The minimum absolute atomic E-state index is 0.00424. The molecular weight excluding hydrogens is 394 g/mol. The molecule has 0 aliphatic heterocycles. The number of thiocarbonyl (C=S) groups is 1. The van der Waals surface area contributed by atoms with Gasteiger partial charge in [0.1, 0.15) is 0 Å². The Bertz CT molecular complexity index is 806. The number of para-hydroxylation sites is 1. The van der Waals surface area contributed by atoms with E-state index in [9.17, 15) is 14.9 Å². The number of carbonyl (C=O) groups is 1. The number of benzene rings is 2. The van der Waals surface area contributed by atoms with Crippen LogP contribution in [-0.4, -0.2) is 15.9 Å². The minimum atomic E-state index is -0.480. The van der Waals surface area contributed by atoms with Crippen LogP contribution in [0.2, 0.25) is 0 Å². The average molecular weight is 406 g/mol. The quantitative estimate of drug-likeness (QED) is 0.349. The molecule has 1 amide bonds. The SMILES string of the molecule is O=C(/C=C/c1ccc([N+](=O)[O-])cc1)NC(=S)Nc1ccccc1Br. The van der Waals surface area contributed by atoms with Crippen molar-refractivity contribution >= 4 is 56.6 Å². The molecule has 0 aliphatic rings. The monoisotopic (exact) mass is 405 g/mol. The smallest absolute Gasteiger partial charge is 0.269 e. The average Bonchev–Trinajstić information content (AvgIpc) is 2.55. The standard InChI is InChI=1S/C16H12BrN3O3S/c17-13-3-1-2-4-14(13)18-16(24)19-15(21)10-7-11-5-8-12(9-6-11)20(22)23/h1-10H,(H2,18,19,21,24)/b10-7+. The minimum Gasteiger partial charge on any atom is -0.331 e. The number of non-ortho nitro benzene ring substituents is 1. The van der Waals surface area contributed by atoms with E-state index in [1.54, 1.807) is 18.2 Å². The normalized spacial score (nSPS) is 10.4. The zero-order valence-corrected chi connectivity index (χ0v) is 14.6. The second-order valence-electron chi connectivity index (χ2n) is 4.61. The van der Waals surface area contributed by atoms with Crippen LogP contribution in [0.3, 0.4) is 0 Å². The maximum Gasteiger partial charge on any atom is 0.269 e. The molecule has 2 aromatic rings. The van der Waals surface area contributed by atoms with Gasteiger partial charge >= 0.3 is 0 Å². The number of anilines is 1. The van der Waals surface area contributed by atoms with E-state index in [1.807, 2.05) is 24.3 Å². The van der Waals surface area contributed by atoms with Gasteiger partial charge in [-0.15, -0.1) is 0 Å². The Balaban J connectivity index is 1.91. The number of amides is 1. The number of nitrogens with one attached hydrogen (secondary N) is 2. The van der Waals surface area contributed by atoms with Gasteiger partial charge in [-0.1, -0.05) is 12.1 Å². The number of nitro benzene ring substituents is 1. The molecular formula is C16H12BrN3O3S. The maximum atomic E-state index is 11.8. The van der Waals surface area contributed by atoms with Gasteiger partial charge in [0.05, 0.1) is 10.6 Å². The lowest BCUT2D eigenvalue weighted by Crippen LogP contribution is -2.32. The highest BCUT2D eigenvalue weighted by molar-refractivity contribution is 9.10. The largest absolute Gasteiger partial charge is 0.331 e. The number of carbonyl (C=O) groups excluding carboxylic acids is 1. The molecule has 122 valence electrons. The van der Waals surface area contributed by atoms with Crippen LogP contribution < -0.4 is 10.6 Å². The van der Waals surface area contributed by atoms with Crippen molar-refractivity contribution in [1.29, 1.82) is 0 Å². The molecule has 0 unspecified atom stereocenters. The van der Waals surface area contributed by atoms with Gasteiger partial charge in [-0.05, 0) is 64.1 Å². The van der Waals surface area contributed by atoms with Crippen LogP contribution in [0, 0.1) is 10.1 Å². The Hall–Kier alpha value is -2.58. The van der Waals surface area contributed by atoms with Gasteiger partial charge in [-0.25, -0.2) is 0 Å². The van der Waals surface area contributed by atoms with E-state index in [4.69, 9.17) is 12.2 Å². The van der Waals surface area contributed by atoms with Gasteiger partial charge in [0, 0.05) is 22.7 Å². The lowest BCUT2D eigenvalue weighted by atomic mass is 10.2. The number of nitrogens with zero attached hydrogens (tertiary/aromatic N) is 1. The van der Waals surface area contributed by atoms with Crippen LogP contribution in [0.5, 0.6) is 0 Å². The van der Waals surface area contributed by atoms with E-state index in [-0.39, 0.29) is 10.8 Å². The van der Waals surface area contributed by atoms with Crippen LogP contribution in [0.25, 0.3) is 6.08 Å². The fourth-order valence-electron chi connectivity index (χ4n) is 1.75. The fourth-order valence-corrected chi connectivity index (χ4v) is 2.34. The van der Waals surface area contributed by atoms with E-state index in [0.717, 1.165) is 10.2 Å². The van der Waals surface area contributed by atoms with Crippen LogP contribution in [0.4, 0.5) is 11.4 Å². The third-order valence-electron chi connectivity index (χ3n) is 2.89. The first-order valence-corrected chi connectivity index (χ1v) is 7.95. The molecule has 0 spiro atoms. The molecule has 2 rings (SSSR count). The molecule has 0 aliphatic carbocycles. The summed E-state index contributed by atoms with van der Waals surface area (Å²) in [6, 6.07) is 13.2. The van der Waals surface area contributed by atoms with Gasteiger partial charge in [0.2, 0.25) is 5.91 Å². The van der Waals surface area contributed by atoms with Crippen molar-refractivity contribution in [2.24, 2.45) is 0 Å². The molecule has 0 fully saturated rings. The van der Waals surface area contributed by atoms with Gasteiger partial charge in [-0.2, -0.15) is 0 Å².